The van der Waals surface area contributed by atoms with Gasteiger partial charge in [0.2, 0.25) is 0 Å². The number of aromatic nitrogens is 2. The molecule has 0 amide bonds. The Bertz CT molecular complexity index is 1380. The molecule has 0 bridgehead atoms. The fourth-order valence-corrected chi connectivity index (χ4v) is 7.57. The fraction of sp³-hybridized carbons (Fsp3) is 0.750. The van der Waals surface area contributed by atoms with Gasteiger partial charge in [-0.15, -0.1) is 0 Å². The molecular formula is C28H39B2F3N6O4. The summed E-state index contributed by atoms with van der Waals surface area (Å²) in [7, 11) is 11.6. The zero-order valence-corrected chi connectivity index (χ0v) is 24.6. The number of imidazole rings is 1. The zero-order valence-electron chi connectivity index (χ0n) is 24.6. The zero-order chi connectivity index (χ0) is 30.7. The average Bonchev–Trinajstić information content (AvgIpc) is 3.54. The minimum atomic E-state index is -4.62. The van der Waals surface area contributed by atoms with Crippen LogP contribution in [0.2, 0.25) is 0 Å². The van der Waals surface area contributed by atoms with Crippen LogP contribution in [0.1, 0.15) is 69.2 Å². The molecule has 0 spiro atoms. The maximum absolute atomic E-state index is 14.4. The Morgan fingerprint density at radius 2 is 2.00 bits per heavy atom. The van der Waals surface area contributed by atoms with Crippen molar-refractivity contribution in [1.29, 1.82) is 0 Å². The van der Waals surface area contributed by atoms with Crippen LogP contribution in [-0.2, 0) is 15.7 Å². The van der Waals surface area contributed by atoms with E-state index in [2.05, 4.69) is 15.8 Å². The van der Waals surface area contributed by atoms with Crippen LogP contribution in [0.4, 0.5) is 13.2 Å². The number of alkyl halides is 3. The van der Waals surface area contributed by atoms with E-state index < -0.39 is 23.0 Å². The monoisotopic (exact) mass is 602 g/mol. The van der Waals surface area contributed by atoms with Crippen LogP contribution < -0.4 is 16.5 Å². The van der Waals surface area contributed by atoms with Gasteiger partial charge >= 0.3 is 11.9 Å². The lowest BCUT2D eigenvalue weighted by Gasteiger charge is -2.52. The molecule has 3 N–H and O–H groups in total. The second kappa shape index (κ2) is 11.5. The van der Waals surface area contributed by atoms with Gasteiger partial charge in [-0.25, -0.2) is 15.6 Å². The van der Waals surface area contributed by atoms with E-state index in [-0.39, 0.29) is 47.9 Å². The first-order chi connectivity index (χ1) is 20.3. The number of rotatable bonds is 7. The topological polar surface area (TPSA) is 95.6 Å². The molecule has 4 fully saturated rings. The number of hydrogen-bond acceptors (Lipinski definition) is 8. The third kappa shape index (κ3) is 5.94. The van der Waals surface area contributed by atoms with Crippen molar-refractivity contribution in [3.05, 3.63) is 40.1 Å². The van der Waals surface area contributed by atoms with Crippen molar-refractivity contribution in [2.45, 2.75) is 82.0 Å². The molecule has 4 radical (unpaired) electrons. The number of hydrogen-bond donors (Lipinski definition) is 3. The molecule has 15 heteroatoms. The highest BCUT2D eigenvalue weighted by Crippen LogP contribution is 2.50. The van der Waals surface area contributed by atoms with Gasteiger partial charge in [-0.2, -0.15) is 13.2 Å². The molecule has 2 aromatic rings. The number of fused-ring (bicyclic) bond motifs is 1. The van der Waals surface area contributed by atoms with E-state index in [0.717, 1.165) is 12.8 Å². The molecule has 2 aromatic heterocycles. The van der Waals surface area contributed by atoms with Gasteiger partial charge in [0.05, 0.1) is 49.8 Å². The SMILES string of the molecule is [B]C([B])(O)N1CNNC1CC1(C2CCCC(n3cc4c(C(F)(F)F)cc([C@@H](C)N5CCO[C@H](C)C5)cn4c3=O)C2)COC1. The van der Waals surface area contributed by atoms with Crippen molar-refractivity contribution in [2.75, 3.05) is 39.6 Å². The van der Waals surface area contributed by atoms with Gasteiger partial charge in [0.1, 0.15) is 15.7 Å². The molecule has 6 rings (SSSR count). The molecule has 3 unspecified atom stereocenters. The highest BCUT2D eigenvalue weighted by atomic mass is 19.4. The van der Waals surface area contributed by atoms with Crippen molar-refractivity contribution in [3.63, 3.8) is 0 Å². The first-order valence-electron chi connectivity index (χ1n) is 15.1. The van der Waals surface area contributed by atoms with Crippen LogP contribution in [0.3, 0.4) is 0 Å². The van der Waals surface area contributed by atoms with Crippen LogP contribution in [-0.4, -0.2) is 96.9 Å². The van der Waals surface area contributed by atoms with Crippen molar-refractivity contribution >= 4 is 21.2 Å². The van der Waals surface area contributed by atoms with E-state index in [1.807, 2.05) is 13.8 Å². The number of nitrogens with one attached hydrogen (secondary N) is 2. The summed E-state index contributed by atoms with van der Waals surface area (Å²) < 4.78 is 57.2. The van der Waals surface area contributed by atoms with Crippen molar-refractivity contribution < 1.29 is 27.8 Å². The third-order valence-electron chi connectivity index (χ3n) is 10.1. The minimum absolute atomic E-state index is 0.0185. The van der Waals surface area contributed by atoms with Crippen molar-refractivity contribution in [3.8, 4) is 0 Å². The van der Waals surface area contributed by atoms with E-state index >= 15 is 0 Å². The maximum atomic E-state index is 14.4. The Morgan fingerprint density at radius 1 is 1.23 bits per heavy atom. The summed E-state index contributed by atoms with van der Waals surface area (Å²) >= 11 is 0. The number of morpholine rings is 1. The quantitative estimate of drug-likeness (QED) is 0.413. The number of aliphatic hydroxyl groups is 1. The van der Waals surface area contributed by atoms with E-state index in [4.69, 9.17) is 25.2 Å². The number of halogens is 3. The van der Waals surface area contributed by atoms with Crippen LogP contribution in [0.15, 0.2) is 23.3 Å². The van der Waals surface area contributed by atoms with E-state index in [0.29, 0.717) is 57.7 Å². The largest absolute Gasteiger partial charge is 0.418 e. The van der Waals surface area contributed by atoms with Crippen molar-refractivity contribution in [1.82, 2.24) is 29.6 Å². The number of pyridine rings is 1. The number of hydrazine groups is 1. The molecular weight excluding hydrogens is 563 g/mol. The molecule has 5 atom stereocenters. The Morgan fingerprint density at radius 3 is 2.65 bits per heavy atom. The Hall–Kier alpha value is -1.87. The second-order valence-electron chi connectivity index (χ2n) is 12.9. The normalized spacial score (nSPS) is 30.0. The van der Waals surface area contributed by atoms with Crippen molar-refractivity contribution in [2.24, 2.45) is 11.3 Å². The van der Waals surface area contributed by atoms with Gasteiger partial charge < -0.3 is 14.6 Å². The lowest BCUT2D eigenvalue weighted by molar-refractivity contribution is -0.171. The Balaban J connectivity index is 1.29. The first kappa shape index (κ1) is 31.1. The summed E-state index contributed by atoms with van der Waals surface area (Å²) in [6.45, 7) is 6.82. The summed E-state index contributed by atoms with van der Waals surface area (Å²) in [5.41, 5.74) is 2.91. The average molecular weight is 602 g/mol. The molecule has 1 aliphatic carbocycles. The van der Waals surface area contributed by atoms with Gasteiger partial charge in [0, 0.05) is 48.5 Å². The van der Waals surface area contributed by atoms with E-state index in [1.165, 1.54) is 26.1 Å². The molecule has 0 aromatic carbocycles. The van der Waals surface area contributed by atoms with Gasteiger partial charge in [0.25, 0.3) is 0 Å². The fourth-order valence-electron chi connectivity index (χ4n) is 7.57. The number of nitrogens with zero attached hydrogens (tertiary/aromatic N) is 4. The Labute approximate surface area is 251 Å². The standard InChI is InChI=1S/C28H39B2F3N6O4/c1-17-11-36(6-7-43-17)18(2)19-8-22(27(31,32)33)23-13-37(25(40)38(23)12-19)21-5-3-4-20(9-21)26(14-42-15-26)10-24-35-34-16-39(24)28(29,30)41/h8,12-13,17-18,20-21,24,34-35,41H,3-7,9-11,14-16H2,1-2H3/t17-,18-,20?,21?,24?/m1/s1. The van der Waals surface area contributed by atoms with E-state index in [1.54, 1.807) is 6.20 Å². The summed E-state index contributed by atoms with van der Waals surface area (Å²) in [5, 5.41) is 10.2. The predicted molar refractivity (Wildman–Crippen MR) is 154 cm³/mol. The molecule has 232 valence electrons. The Kier molecular flexibility index (Phi) is 8.32. The van der Waals surface area contributed by atoms with Crippen LogP contribution in [0.25, 0.3) is 5.52 Å². The van der Waals surface area contributed by atoms with Gasteiger partial charge in [0.15, 0.2) is 0 Å². The van der Waals surface area contributed by atoms with Crippen LogP contribution in [0.5, 0.6) is 0 Å². The van der Waals surface area contributed by atoms with Gasteiger partial charge in [-0.1, -0.05) is 6.42 Å². The summed E-state index contributed by atoms with van der Waals surface area (Å²) in [4.78, 5) is 17.4. The smallest absolute Gasteiger partial charge is 0.395 e. The molecule has 43 heavy (non-hydrogen) atoms. The predicted octanol–water partition coefficient (Wildman–Crippen LogP) is 1.67. The lowest BCUT2D eigenvalue weighted by atomic mass is 9.63. The van der Waals surface area contributed by atoms with Gasteiger partial charge in [-0.3, -0.25) is 18.8 Å². The molecule has 4 aliphatic rings. The summed E-state index contributed by atoms with van der Waals surface area (Å²) in [6, 6.07) is 0.624. The van der Waals surface area contributed by atoms with Crippen LogP contribution in [0, 0.1) is 11.3 Å². The maximum Gasteiger partial charge on any atom is 0.418 e. The summed E-state index contributed by atoms with van der Waals surface area (Å²) in [5.74, 6) is 0.156. The second-order valence-corrected chi connectivity index (χ2v) is 12.9. The van der Waals surface area contributed by atoms with Gasteiger partial charge in [-0.05, 0) is 57.1 Å². The van der Waals surface area contributed by atoms with Crippen LogP contribution >= 0.6 is 0 Å². The molecule has 10 nitrogen and oxygen atoms in total. The minimum Gasteiger partial charge on any atom is -0.395 e. The molecule has 3 saturated heterocycles. The molecule has 1 saturated carbocycles. The highest BCUT2D eigenvalue weighted by molar-refractivity contribution is 6.38. The van der Waals surface area contributed by atoms with E-state index in [9.17, 15) is 23.1 Å². The molecule has 3 aliphatic heterocycles. The summed E-state index contributed by atoms with van der Waals surface area (Å²) in [6.07, 6.45) is 1.64. The lowest BCUT2D eigenvalue weighted by Crippen LogP contribution is -2.59. The molecule has 5 heterocycles. The number of ether oxygens (including phenoxy) is 2. The third-order valence-corrected chi connectivity index (χ3v) is 10.1. The first-order valence-corrected chi connectivity index (χ1v) is 15.1. The highest BCUT2D eigenvalue weighted by Gasteiger charge is 2.50.